The molecule has 1 rings (SSSR count). The summed E-state index contributed by atoms with van der Waals surface area (Å²) in [6.07, 6.45) is 2.07. The molecule has 0 aromatic heterocycles. The van der Waals surface area contributed by atoms with E-state index in [1.807, 2.05) is 6.92 Å². The maximum Gasteiger partial charge on any atom is 0.254 e. The van der Waals surface area contributed by atoms with Crippen molar-refractivity contribution in [1.82, 2.24) is 10.2 Å². The minimum absolute atomic E-state index is 0.0803. The minimum Gasteiger partial charge on any atom is -0.351 e. The first-order valence-electron chi connectivity index (χ1n) is 6.93. The van der Waals surface area contributed by atoms with E-state index in [4.69, 9.17) is 0 Å². The average Bonchev–Trinajstić information content (AvgIpc) is 2.44. The van der Waals surface area contributed by atoms with Crippen LogP contribution in [0.2, 0.25) is 0 Å². The predicted molar refractivity (Wildman–Crippen MR) is 75.9 cm³/mol. The highest BCUT2D eigenvalue weighted by Gasteiger charge is 2.13. The normalized spacial score (nSPS) is 10.3. The average molecular weight is 298 g/mol. The van der Waals surface area contributed by atoms with Crippen LogP contribution in [0.25, 0.3) is 0 Å². The van der Waals surface area contributed by atoms with Crippen molar-refractivity contribution in [3.05, 3.63) is 35.4 Å². The Morgan fingerprint density at radius 2 is 2.00 bits per heavy atom. The van der Waals surface area contributed by atoms with Crippen molar-refractivity contribution in [2.75, 3.05) is 20.1 Å². The van der Waals surface area contributed by atoms with E-state index in [0.717, 1.165) is 25.0 Å². The molecular weight excluding hydrogens is 278 g/mol. The quantitative estimate of drug-likeness (QED) is 0.840. The second kappa shape index (κ2) is 8.34. The molecule has 21 heavy (non-hydrogen) atoms. The van der Waals surface area contributed by atoms with Crippen molar-refractivity contribution in [3.63, 3.8) is 0 Å². The lowest BCUT2D eigenvalue weighted by atomic mass is 10.2. The van der Waals surface area contributed by atoms with Gasteiger partial charge in [-0.3, -0.25) is 9.59 Å². The van der Waals surface area contributed by atoms with Crippen LogP contribution in [-0.2, 0) is 4.79 Å². The molecule has 0 saturated carbocycles. The maximum absolute atomic E-state index is 13.4. The Morgan fingerprint density at radius 3 is 2.62 bits per heavy atom. The molecular formula is C15H20F2N2O2. The van der Waals surface area contributed by atoms with Gasteiger partial charge in [0.25, 0.3) is 5.91 Å². The van der Waals surface area contributed by atoms with E-state index >= 15 is 0 Å². The van der Waals surface area contributed by atoms with Crippen molar-refractivity contribution in [2.24, 2.45) is 0 Å². The van der Waals surface area contributed by atoms with Crippen LogP contribution in [0.4, 0.5) is 8.78 Å². The zero-order valence-corrected chi connectivity index (χ0v) is 12.3. The molecule has 116 valence electrons. The van der Waals surface area contributed by atoms with Gasteiger partial charge in [-0.15, -0.1) is 0 Å². The fourth-order valence-electron chi connectivity index (χ4n) is 1.76. The molecule has 1 aromatic carbocycles. The third-order valence-corrected chi connectivity index (χ3v) is 3.07. The number of hydrogen-bond donors (Lipinski definition) is 1. The topological polar surface area (TPSA) is 49.4 Å². The number of hydrogen-bond acceptors (Lipinski definition) is 2. The molecule has 1 aromatic rings. The minimum atomic E-state index is -0.918. The lowest BCUT2D eigenvalue weighted by Gasteiger charge is -2.16. The highest BCUT2D eigenvalue weighted by molar-refractivity contribution is 5.94. The molecule has 4 nitrogen and oxygen atoms in total. The number of halogens is 2. The van der Waals surface area contributed by atoms with E-state index in [0.29, 0.717) is 12.6 Å². The standard InChI is InChI=1S/C15H20F2N2O2/c1-3-4-9-19(2)14(20)7-8-18-15(21)12-6-5-11(16)10-13(12)17/h5-6,10H,3-4,7-9H2,1-2H3,(H,18,21). The number of unbranched alkanes of at least 4 members (excludes halogenated alkanes) is 1. The second-order valence-corrected chi connectivity index (χ2v) is 4.80. The third kappa shape index (κ3) is 5.49. The Labute approximate surface area is 123 Å². The Morgan fingerprint density at radius 1 is 1.29 bits per heavy atom. The van der Waals surface area contributed by atoms with Crippen LogP contribution in [0.15, 0.2) is 18.2 Å². The summed E-state index contributed by atoms with van der Waals surface area (Å²) in [5, 5.41) is 2.45. The summed E-state index contributed by atoms with van der Waals surface area (Å²) in [6.45, 7) is 2.83. The number of carbonyl (C=O) groups excluding carboxylic acids is 2. The van der Waals surface area contributed by atoms with Gasteiger partial charge in [0.05, 0.1) is 5.56 Å². The van der Waals surface area contributed by atoms with Gasteiger partial charge in [-0.1, -0.05) is 13.3 Å². The van der Waals surface area contributed by atoms with Gasteiger partial charge in [0.2, 0.25) is 5.91 Å². The molecule has 0 fully saturated rings. The van der Waals surface area contributed by atoms with Gasteiger partial charge in [-0.2, -0.15) is 0 Å². The van der Waals surface area contributed by atoms with Gasteiger partial charge in [0, 0.05) is 32.6 Å². The lowest BCUT2D eigenvalue weighted by Crippen LogP contribution is -2.32. The van der Waals surface area contributed by atoms with Crippen LogP contribution in [-0.4, -0.2) is 36.9 Å². The first-order valence-corrected chi connectivity index (χ1v) is 6.93. The molecule has 0 aliphatic heterocycles. The summed E-state index contributed by atoms with van der Waals surface area (Å²) in [5.74, 6) is -2.39. The van der Waals surface area contributed by atoms with Crippen LogP contribution in [0.5, 0.6) is 0 Å². The zero-order chi connectivity index (χ0) is 15.8. The van der Waals surface area contributed by atoms with Gasteiger partial charge in [0.1, 0.15) is 11.6 Å². The molecule has 0 unspecified atom stereocenters. The van der Waals surface area contributed by atoms with Gasteiger partial charge < -0.3 is 10.2 Å². The van der Waals surface area contributed by atoms with Gasteiger partial charge in [-0.25, -0.2) is 8.78 Å². The smallest absolute Gasteiger partial charge is 0.254 e. The number of nitrogens with zero attached hydrogens (tertiary/aromatic N) is 1. The highest BCUT2D eigenvalue weighted by Crippen LogP contribution is 2.09. The zero-order valence-electron chi connectivity index (χ0n) is 12.3. The summed E-state index contributed by atoms with van der Waals surface area (Å²) in [5.41, 5.74) is -0.233. The SMILES string of the molecule is CCCCN(C)C(=O)CCNC(=O)c1ccc(F)cc1F. The number of carbonyl (C=O) groups is 2. The Kier molecular flexibility index (Phi) is 6.78. The molecule has 6 heteroatoms. The molecule has 0 saturated heterocycles. The largest absolute Gasteiger partial charge is 0.351 e. The molecule has 0 atom stereocenters. The maximum atomic E-state index is 13.4. The number of benzene rings is 1. The van der Waals surface area contributed by atoms with E-state index in [9.17, 15) is 18.4 Å². The molecule has 0 bridgehead atoms. The van der Waals surface area contributed by atoms with E-state index < -0.39 is 17.5 Å². The van der Waals surface area contributed by atoms with Crippen molar-refractivity contribution in [1.29, 1.82) is 0 Å². The molecule has 2 amide bonds. The second-order valence-electron chi connectivity index (χ2n) is 4.80. The summed E-state index contributed by atoms with van der Waals surface area (Å²) >= 11 is 0. The van der Waals surface area contributed by atoms with E-state index in [1.54, 1.807) is 11.9 Å². The summed E-state index contributed by atoms with van der Waals surface area (Å²) in [7, 11) is 1.71. The van der Waals surface area contributed by atoms with Gasteiger partial charge in [-0.05, 0) is 18.6 Å². The first-order chi connectivity index (χ1) is 9.95. The number of amides is 2. The van der Waals surface area contributed by atoms with Crippen molar-refractivity contribution in [2.45, 2.75) is 26.2 Å². The molecule has 0 aliphatic rings. The number of rotatable bonds is 7. The van der Waals surface area contributed by atoms with Crippen molar-refractivity contribution in [3.8, 4) is 0 Å². The molecule has 0 aliphatic carbocycles. The molecule has 1 N–H and O–H groups in total. The van der Waals surface area contributed by atoms with Crippen LogP contribution in [0, 0.1) is 11.6 Å². The monoisotopic (exact) mass is 298 g/mol. The van der Waals surface area contributed by atoms with Gasteiger partial charge in [0.15, 0.2) is 0 Å². The summed E-state index contributed by atoms with van der Waals surface area (Å²) in [6, 6.07) is 2.75. The Hall–Kier alpha value is -1.98. The van der Waals surface area contributed by atoms with Crippen LogP contribution in [0.3, 0.4) is 0 Å². The third-order valence-electron chi connectivity index (χ3n) is 3.07. The van der Waals surface area contributed by atoms with Crippen LogP contribution < -0.4 is 5.32 Å². The molecule has 0 heterocycles. The van der Waals surface area contributed by atoms with E-state index in [1.165, 1.54) is 0 Å². The fraction of sp³-hybridized carbons (Fsp3) is 0.467. The fourth-order valence-corrected chi connectivity index (χ4v) is 1.76. The van der Waals surface area contributed by atoms with Crippen molar-refractivity contribution < 1.29 is 18.4 Å². The summed E-state index contributed by atoms with van der Waals surface area (Å²) < 4.78 is 26.1. The predicted octanol–water partition coefficient (Wildman–Crippen LogP) is 2.34. The first kappa shape index (κ1) is 17.1. The Bertz CT molecular complexity index is 506. The van der Waals surface area contributed by atoms with E-state index in [2.05, 4.69) is 5.32 Å². The Balaban J connectivity index is 2.41. The van der Waals surface area contributed by atoms with Gasteiger partial charge >= 0.3 is 0 Å². The number of nitrogens with one attached hydrogen (secondary N) is 1. The summed E-state index contributed by atoms with van der Waals surface area (Å²) in [4.78, 5) is 25.0. The molecule has 0 spiro atoms. The van der Waals surface area contributed by atoms with Crippen LogP contribution in [0.1, 0.15) is 36.5 Å². The van der Waals surface area contributed by atoms with E-state index in [-0.39, 0.29) is 24.4 Å². The van der Waals surface area contributed by atoms with Crippen molar-refractivity contribution >= 4 is 11.8 Å². The van der Waals surface area contributed by atoms with Crippen LogP contribution >= 0.6 is 0 Å². The lowest BCUT2D eigenvalue weighted by molar-refractivity contribution is -0.129. The molecule has 0 radical (unpaired) electrons. The highest BCUT2D eigenvalue weighted by atomic mass is 19.1.